The van der Waals surface area contributed by atoms with Gasteiger partial charge in [0.25, 0.3) is 0 Å². The standard InChI is InChI=1S/C17H22FN3O5S.ClH/c1-26-17(23)16-13(18)5-2-6-14(16)27(24,25)20-8-3-4-12(11-20)21-9-7-19-10-15(21)22;/h2,5-6,12,19H,3-4,7-11H2,1H3;1H. The fourth-order valence-corrected chi connectivity index (χ4v) is 5.26. The van der Waals surface area contributed by atoms with Gasteiger partial charge in [-0.15, -0.1) is 12.4 Å². The highest BCUT2D eigenvalue weighted by molar-refractivity contribution is 7.89. The molecule has 2 aliphatic heterocycles. The van der Waals surface area contributed by atoms with Crippen LogP contribution >= 0.6 is 12.4 Å². The average molecular weight is 436 g/mol. The summed E-state index contributed by atoms with van der Waals surface area (Å²) in [5, 5.41) is 2.99. The van der Waals surface area contributed by atoms with Crippen LogP contribution in [-0.4, -0.2) is 75.4 Å². The van der Waals surface area contributed by atoms with Gasteiger partial charge < -0.3 is 15.0 Å². The van der Waals surface area contributed by atoms with Crippen molar-refractivity contribution in [3.8, 4) is 0 Å². The third-order valence-electron chi connectivity index (χ3n) is 4.91. The van der Waals surface area contributed by atoms with E-state index >= 15 is 0 Å². The second kappa shape index (κ2) is 9.17. The molecule has 1 N–H and O–H groups in total. The highest BCUT2D eigenvalue weighted by Gasteiger charge is 2.37. The Morgan fingerprint density at radius 2 is 2.07 bits per heavy atom. The molecule has 0 radical (unpaired) electrons. The normalized spacial score (nSPS) is 21.1. The van der Waals surface area contributed by atoms with E-state index in [9.17, 15) is 22.4 Å². The zero-order valence-electron chi connectivity index (χ0n) is 15.4. The van der Waals surface area contributed by atoms with Crippen molar-refractivity contribution in [2.45, 2.75) is 23.8 Å². The van der Waals surface area contributed by atoms with Crippen LogP contribution in [0.5, 0.6) is 0 Å². The lowest BCUT2D eigenvalue weighted by Gasteiger charge is -2.40. The quantitative estimate of drug-likeness (QED) is 0.696. The number of carbonyl (C=O) groups is 2. The summed E-state index contributed by atoms with van der Waals surface area (Å²) in [5.74, 6) is -2.06. The van der Waals surface area contributed by atoms with Crippen molar-refractivity contribution in [1.82, 2.24) is 14.5 Å². The van der Waals surface area contributed by atoms with E-state index < -0.39 is 32.3 Å². The summed E-state index contributed by atoms with van der Waals surface area (Å²) in [6, 6.07) is 3.22. The Balaban J connectivity index is 0.00000280. The van der Waals surface area contributed by atoms with Crippen molar-refractivity contribution in [3.05, 3.63) is 29.6 Å². The van der Waals surface area contributed by atoms with Crippen LogP contribution in [0.15, 0.2) is 23.1 Å². The fourth-order valence-electron chi connectivity index (χ4n) is 3.56. The molecule has 1 aromatic rings. The number of piperazine rings is 1. The molecule has 2 heterocycles. The van der Waals surface area contributed by atoms with Crippen LogP contribution in [0.25, 0.3) is 0 Å². The van der Waals surface area contributed by atoms with E-state index in [2.05, 4.69) is 10.1 Å². The Hall–Kier alpha value is -1.75. The van der Waals surface area contributed by atoms with Crippen LogP contribution < -0.4 is 5.32 Å². The minimum Gasteiger partial charge on any atom is -0.465 e. The van der Waals surface area contributed by atoms with E-state index in [-0.39, 0.29) is 44.0 Å². The first-order chi connectivity index (χ1) is 12.9. The van der Waals surface area contributed by atoms with Gasteiger partial charge in [0.1, 0.15) is 11.4 Å². The Bertz CT molecular complexity index is 851. The molecule has 0 saturated carbocycles. The van der Waals surface area contributed by atoms with Gasteiger partial charge >= 0.3 is 5.97 Å². The first kappa shape index (κ1) is 22.5. The average Bonchev–Trinajstić information content (AvgIpc) is 2.67. The first-order valence-electron chi connectivity index (χ1n) is 8.73. The maximum Gasteiger partial charge on any atom is 0.342 e. The van der Waals surface area contributed by atoms with Crippen LogP contribution in [0, 0.1) is 5.82 Å². The Labute approximate surface area is 169 Å². The number of ether oxygens (including phenoxy) is 1. The van der Waals surface area contributed by atoms with Crippen LogP contribution in [0.1, 0.15) is 23.2 Å². The molecule has 2 saturated heterocycles. The van der Waals surface area contributed by atoms with Crippen LogP contribution in [0.3, 0.4) is 0 Å². The van der Waals surface area contributed by atoms with Gasteiger partial charge in [-0.3, -0.25) is 4.79 Å². The number of piperidine rings is 1. The zero-order valence-corrected chi connectivity index (χ0v) is 17.0. The zero-order chi connectivity index (χ0) is 19.6. The maximum atomic E-state index is 14.2. The molecule has 8 nitrogen and oxygen atoms in total. The smallest absolute Gasteiger partial charge is 0.342 e. The minimum absolute atomic E-state index is 0. The number of amides is 1. The number of carbonyl (C=O) groups excluding carboxylic acids is 2. The summed E-state index contributed by atoms with van der Waals surface area (Å²) in [6.07, 6.45) is 1.27. The number of esters is 1. The number of methoxy groups -OCH3 is 1. The van der Waals surface area contributed by atoms with E-state index in [1.165, 1.54) is 16.4 Å². The summed E-state index contributed by atoms with van der Waals surface area (Å²) in [6.45, 7) is 1.78. The van der Waals surface area contributed by atoms with E-state index in [0.717, 1.165) is 13.2 Å². The van der Waals surface area contributed by atoms with E-state index in [1.807, 2.05) is 0 Å². The molecule has 11 heteroatoms. The first-order valence-corrected chi connectivity index (χ1v) is 10.2. The van der Waals surface area contributed by atoms with Crippen molar-refractivity contribution < 1.29 is 27.1 Å². The molecule has 1 aromatic carbocycles. The molecule has 1 amide bonds. The molecule has 2 fully saturated rings. The minimum atomic E-state index is -4.12. The number of nitrogens with zero attached hydrogens (tertiary/aromatic N) is 2. The summed E-state index contributed by atoms with van der Waals surface area (Å²) in [7, 11) is -3.05. The number of benzene rings is 1. The van der Waals surface area contributed by atoms with Gasteiger partial charge in [-0.05, 0) is 25.0 Å². The summed E-state index contributed by atoms with van der Waals surface area (Å²) in [4.78, 5) is 25.3. The number of sulfonamides is 1. The molecule has 0 bridgehead atoms. The van der Waals surface area contributed by atoms with Crippen molar-refractivity contribution >= 4 is 34.3 Å². The van der Waals surface area contributed by atoms with Gasteiger partial charge in [-0.25, -0.2) is 17.6 Å². The van der Waals surface area contributed by atoms with Gasteiger partial charge in [0.15, 0.2) is 0 Å². The Morgan fingerprint density at radius 3 is 2.75 bits per heavy atom. The van der Waals surface area contributed by atoms with Gasteiger partial charge in [-0.2, -0.15) is 4.31 Å². The van der Waals surface area contributed by atoms with Crippen LogP contribution in [-0.2, 0) is 19.6 Å². The lowest BCUT2D eigenvalue weighted by atomic mass is 10.1. The monoisotopic (exact) mass is 435 g/mol. The molecule has 3 rings (SSSR count). The Kier molecular flexibility index (Phi) is 7.38. The molecule has 2 aliphatic rings. The summed E-state index contributed by atoms with van der Waals surface area (Å²) >= 11 is 0. The molecule has 0 aliphatic carbocycles. The SMILES string of the molecule is COC(=O)c1c(F)cccc1S(=O)(=O)N1CCCC(N2CCNCC2=O)C1.Cl. The molecular weight excluding hydrogens is 413 g/mol. The molecule has 28 heavy (non-hydrogen) atoms. The number of rotatable bonds is 4. The summed E-state index contributed by atoms with van der Waals surface area (Å²) < 4.78 is 46.2. The second-order valence-electron chi connectivity index (χ2n) is 6.53. The van der Waals surface area contributed by atoms with E-state index in [1.54, 1.807) is 4.90 Å². The highest BCUT2D eigenvalue weighted by Crippen LogP contribution is 2.27. The van der Waals surface area contributed by atoms with Gasteiger partial charge in [0, 0.05) is 32.2 Å². The van der Waals surface area contributed by atoms with Gasteiger partial charge in [-0.1, -0.05) is 6.07 Å². The molecule has 1 unspecified atom stereocenters. The largest absolute Gasteiger partial charge is 0.465 e. The van der Waals surface area contributed by atoms with E-state index in [4.69, 9.17) is 0 Å². The van der Waals surface area contributed by atoms with Crippen LogP contribution in [0.2, 0.25) is 0 Å². The molecular formula is C17H23ClFN3O5S. The van der Waals surface area contributed by atoms with Gasteiger partial charge in [0.05, 0.1) is 18.6 Å². The third-order valence-corrected chi connectivity index (χ3v) is 6.82. The van der Waals surface area contributed by atoms with Crippen molar-refractivity contribution in [2.75, 3.05) is 39.8 Å². The summed E-state index contributed by atoms with van der Waals surface area (Å²) in [5.41, 5.74) is -0.597. The van der Waals surface area contributed by atoms with Crippen molar-refractivity contribution in [1.29, 1.82) is 0 Å². The molecule has 156 valence electrons. The lowest BCUT2D eigenvalue weighted by molar-refractivity contribution is -0.135. The fraction of sp³-hybridized carbons (Fsp3) is 0.529. The highest BCUT2D eigenvalue weighted by atomic mass is 35.5. The lowest BCUT2D eigenvalue weighted by Crippen LogP contribution is -2.57. The number of hydrogen-bond donors (Lipinski definition) is 1. The van der Waals surface area contributed by atoms with Crippen molar-refractivity contribution in [3.63, 3.8) is 0 Å². The Morgan fingerprint density at radius 1 is 1.32 bits per heavy atom. The maximum absolute atomic E-state index is 14.2. The van der Waals surface area contributed by atoms with E-state index in [0.29, 0.717) is 25.9 Å². The third kappa shape index (κ3) is 4.29. The van der Waals surface area contributed by atoms with Crippen molar-refractivity contribution in [2.24, 2.45) is 0 Å². The van der Waals surface area contributed by atoms with Gasteiger partial charge in [0.2, 0.25) is 15.9 Å². The number of nitrogens with one attached hydrogen (secondary N) is 1. The molecule has 0 aromatic heterocycles. The topological polar surface area (TPSA) is 96.0 Å². The molecule has 0 spiro atoms. The number of hydrogen-bond acceptors (Lipinski definition) is 6. The predicted octanol–water partition coefficient (Wildman–Crippen LogP) is 0.619. The van der Waals surface area contributed by atoms with Crippen LogP contribution in [0.4, 0.5) is 4.39 Å². The molecule has 1 atom stereocenters. The number of halogens is 2. The second-order valence-corrected chi connectivity index (χ2v) is 8.43. The predicted molar refractivity (Wildman–Crippen MR) is 101 cm³/mol.